The Labute approximate surface area is 237 Å². The molecule has 0 spiro atoms. The molecule has 1 aromatic heterocycles. The summed E-state index contributed by atoms with van der Waals surface area (Å²) in [4.78, 5) is 38.3. The molecule has 1 aliphatic rings. The lowest BCUT2D eigenvalue weighted by Gasteiger charge is -2.38. The Kier molecular flexibility index (Phi) is 9.40. The van der Waals surface area contributed by atoms with Crippen molar-refractivity contribution in [2.75, 3.05) is 32.1 Å². The Hall–Kier alpha value is -3.24. The van der Waals surface area contributed by atoms with Crippen LogP contribution in [0.1, 0.15) is 40.3 Å². The van der Waals surface area contributed by atoms with E-state index >= 15 is 0 Å². The molecule has 4 rings (SSSR count). The lowest BCUT2D eigenvalue weighted by atomic mass is 9.98. The van der Waals surface area contributed by atoms with Gasteiger partial charge in [-0.2, -0.15) is 0 Å². The lowest BCUT2D eigenvalue weighted by Crippen LogP contribution is -2.49. The number of fused-ring (bicyclic) bond motifs is 1. The number of benzene rings is 2. The maximum absolute atomic E-state index is 13.6. The summed E-state index contributed by atoms with van der Waals surface area (Å²) in [5.41, 5.74) is 1.78. The zero-order valence-corrected chi connectivity index (χ0v) is 23.5. The number of likely N-dealkylation sites (N-methyl/N-ethyl adjacent to an activating group) is 1. The molecule has 3 atom stereocenters. The van der Waals surface area contributed by atoms with Crippen LogP contribution in [0.2, 0.25) is 10.0 Å². The van der Waals surface area contributed by atoms with Gasteiger partial charge in [0.2, 0.25) is 0 Å². The molecule has 206 valence electrons. The van der Waals surface area contributed by atoms with Gasteiger partial charge in [0.05, 0.1) is 40.1 Å². The fourth-order valence-electron chi connectivity index (χ4n) is 4.48. The van der Waals surface area contributed by atoms with Crippen molar-refractivity contribution in [3.8, 4) is 5.75 Å². The number of hydrogen-bond donors (Lipinski definition) is 2. The van der Waals surface area contributed by atoms with Crippen LogP contribution < -0.4 is 10.1 Å². The second-order valence-corrected chi connectivity index (χ2v) is 10.6. The largest absolute Gasteiger partial charge is 0.486 e. The van der Waals surface area contributed by atoms with Gasteiger partial charge in [-0.3, -0.25) is 19.5 Å². The number of aromatic nitrogens is 2. The molecule has 1 aliphatic heterocycles. The van der Waals surface area contributed by atoms with E-state index in [-0.39, 0.29) is 36.0 Å². The van der Waals surface area contributed by atoms with Gasteiger partial charge < -0.3 is 20.1 Å². The van der Waals surface area contributed by atoms with Gasteiger partial charge in [0, 0.05) is 37.9 Å². The number of nitrogens with one attached hydrogen (secondary N) is 1. The number of anilines is 1. The van der Waals surface area contributed by atoms with Gasteiger partial charge in [-0.05, 0) is 43.8 Å². The Morgan fingerprint density at radius 2 is 2.05 bits per heavy atom. The first-order valence-corrected chi connectivity index (χ1v) is 13.3. The van der Waals surface area contributed by atoms with Crippen LogP contribution in [0.3, 0.4) is 0 Å². The number of para-hydroxylation sites is 1. The molecule has 0 aliphatic carbocycles. The molecule has 9 nitrogen and oxygen atoms in total. The highest BCUT2D eigenvalue weighted by atomic mass is 35.5. The molecule has 0 saturated carbocycles. The Morgan fingerprint density at radius 1 is 1.26 bits per heavy atom. The zero-order chi connectivity index (χ0) is 28.1. The van der Waals surface area contributed by atoms with Gasteiger partial charge in [-0.25, -0.2) is 4.98 Å². The Morgan fingerprint density at radius 3 is 2.74 bits per heavy atom. The minimum Gasteiger partial charge on any atom is -0.486 e. The molecule has 0 fully saturated rings. The molecular weight excluding hydrogens is 541 g/mol. The maximum Gasteiger partial charge on any atom is 0.275 e. The molecule has 0 bridgehead atoms. The van der Waals surface area contributed by atoms with E-state index in [2.05, 4.69) is 20.2 Å². The third-order valence-electron chi connectivity index (χ3n) is 6.66. The average molecular weight is 572 g/mol. The smallest absolute Gasteiger partial charge is 0.275 e. The quantitative estimate of drug-likeness (QED) is 0.412. The van der Waals surface area contributed by atoms with Gasteiger partial charge in [0.15, 0.2) is 5.75 Å². The molecule has 3 aromatic rings. The van der Waals surface area contributed by atoms with Crippen LogP contribution >= 0.6 is 23.2 Å². The highest BCUT2D eigenvalue weighted by Gasteiger charge is 2.34. The third kappa shape index (κ3) is 6.86. The van der Waals surface area contributed by atoms with Gasteiger partial charge in [0.1, 0.15) is 11.8 Å². The fraction of sp³-hybridized carbons (Fsp3) is 0.357. The fourth-order valence-corrected chi connectivity index (χ4v) is 4.80. The number of amides is 2. The first kappa shape index (κ1) is 28.8. The minimum atomic E-state index is -0.475. The highest BCUT2D eigenvalue weighted by Crippen LogP contribution is 2.35. The summed E-state index contributed by atoms with van der Waals surface area (Å²) in [7, 11) is 1.97. The average Bonchev–Trinajstić information content (AvgIpc) is 2.93. The van der Waals surface area contributed by atoms with Crippen LogP contribution in [0.15, 0.2) is 55.0 Å². The van der Waals surface area contributed by atoms with Crippen molar-refractivity contribution in [1.29, 1.82) is 0 Å². The van der Waals surface area contributed by atoms with Gasteiger partial charge in [-0.15, -0.1) is 0 Å². The van der Waals surface area contributed by atoms with Crippen LogP contribution in [-0.4, -0.2) is 75.6 Å². The standard InChI is InChI=1S/C28H31Cl2N5O4/c1-17-13-35(18(2)16-36)28(38)20-5-4-6-23(33-27(37)24-12-31-9-10-32-24)26(20)39-25(17)15-34(3)14-19-7-8-21(29)22(30)11-19/h4-12,17-18,25,36H,13-16H2,1-3H3,(H,33,37)/t17-,18-,25+/m0/s1. The number of aliphatic hydroxyl groups is 1. The van der Waals surface area contributed by atoms with Crippen molar-refractivity contribution < 1.29 is 19.4 Å². The monoisotopic (exact) mass is 571 g/mol. The summed E-state index contributed by atoms with van der Waals surface area (Å²) in [5, 5.41) is 13.7. The Bertz CT molecular complexity index is 1330. The minimum absolute atomic E-state index is 0.101. The van der Waals surface area contributed by atoms with Crippen molar-refractivity contribution in [2.24, 2.45) is 5.92 Å². The number of ether oxygens (including phenoxy) is 1. The summed E-state index contributed by atoms with van der Waals surface area (Å²) in [6, 6.07) is 10.2. The van der Waals surface area contributed by atoms with E-state index in [1.807, 2.05) is 26.1 Å². The van der Waals surface area contributed by atoms with Crippen molar-refractivity contribution in [2.45, 2.75) is 32.5 Å². The van der Waals surface area contributed by atoms with E-state index < -0.39 is 11.9 Å². The zero-order valence-electron chi connectivity index (χ0n) is 22.0. The molecule has 2 amide bonds. The maximum atomic E-state index is 13.6. The van der Waals surface area contributed by atoms with Crippen LogP contribution in [0.4, 0.5) is 5.69 Å². The second kappa shape index (κ2) is 12.7. The first-order valence-electron chi connectivity index (χ1n) is 12.6. The lowest BCUT2D eigenvalue weighted by molar-refractivity contribution is 0.0343. The number of hydrogen-bond acceptors (Lipinski definition) is 7. The van der Waals surface area contributed by atoms with Crippen molar-refractivity contribution in [3.63, 3.8) is 0 Å². The van der Waals surface area contributed by atoms with E-state index in [9.17, 15) is 14.7 Å². The molecule has 0 radical (unpaired) electrons. The molecule has 39 heavy (non-hydrogen) atoms. The predicted molar refractivity (Wildman–Crippen MR) is 150 cm³/mol. The SMILES string of the molecule is C[C@H]1CN([C@@H](C)CO)C(=O)c2cccc(NC(=O)c3cnccn3)c2O[C@@H]1CN(C)Cc1ccc(Cl)c(Cl)c1. The second-order valence-electron chi connectivity index (χ2n) is 9.79. The number of carbonyl (C=O) groups excluding carboxylic acids is 2. The van der Waals surface area contributed by atoms with E-state index in [0.717, 1.165) is 5.56 Å². The third-order valence-corrected chi connectivity index (χ3v) is 7.40. The molecular formula is C28H31Cl2N5O4. The van der Waals surface area contributed by atoms with E-state index in [0.29, 0.717) is 40.9 Å². The summed E-state index contributed by atoms with van der Waals surface area (Å²) >= 11 is 12.3. The summed E-state index contributed by atoms with van der Waals surface area (Å²) < 4.78 is 6.55. The number of halogens is 2. The van der Waals surface area contributed by atoms with Crippen LogP contribution in [0, 0.1) is 5.92 Å². The number of nitrogens with zero attached hydrogens (tertiary/aromatic N) is 4. The molecule has 2 heterocycles. The summed E-state index contributed by atoms with van der Waals surface area (Å²) in [6.45, 7) is 5.13. The van der Waals surface area contributed by atoms with Crippen molar-refractivity contribution >= 4 is 40.7 Å². The molecule has 0 unspecified atom stereocenters. The predicted octanol–water partition coefficient (Wildman–Crippen LogP) is 4.39. The molecule has 0 saturated heterocycles. The normalized spacial score (nSPS) is 18.1. The van der Waals surface area contributed by atoms with Gasteiger partial charge >= 0.3 is 0 Å². The number of aliphatic hydroxyl groups excluding tert-OH is 1. The topological polar surface area (TPSA) is 108 Å². The first-order chi connectivity index (χ1) is 18.7. The van der Waals surface area contributed by atoms with E-state index in [1.165, 1.54) is 18.6 Å². The van der Waals surface area contributed by atoms with Crippen LogP contribution in [0.5, 0.6) is 5.75 Å². The Balaban J connectivity index is 1.66. The van der Waals surface area contributed by atoms with Crippen molar-refractivity contribution in [1.82, 2.24) is 19.8 Å². The van der Waals surface area contributed by atoms with Crippen molar-refractivity contribution in [3.05, 3.63) is 81.9 Å². The summed E-state index contributed by atoms with van der Waals surface area (Å²) in [5.74, 6) is -0.585. The van der Waals surface area contributed by atoms with E-state index in [4.69, 9.17) is 27.9 Å². The number of carbonyl (C=O) groups is 2. The van der Waals surface area contributed by atoms with Crippen LogP contribution in [0.25, 0.3) is 0 Å². The molecule has 2 aromatic carbocycles. The molecule has 2 N–H and O–H groups in total. The van der Waals surface area contributed by atoms with Crippen LogP contribution in [-0.2, 0) is 6.54 Å². The highest BCUT2D eigenvalue weighted by molar-refractivity contribution is 6.42. The van der Waals surface area contributed by atoms with Gasteiger partial charge in [-0.1, -0.05) is 42.3 Å². The van der Waals surface area contributed by atoms with Gasteiger partial charge in [0.25, 0.3) is 11.8 Å². The molecule has 11 heteroatoms. The summed E-state index contributed by atoms with van der Waals surface area (Å²) in [6.07, 6.45) is 3.92. The van der Waals surface area contributed by atoms with E-state index in [1.54, 1.807) is 36.1 Å². The number of rotatable bonds is 8.